The number of para-hydroxylation sites is 1. The average Bonchev–Trinajstić information content (AvgIpc) is 3.07. The number of hydrogen-bond donors (Lipinski definition) is 1. The summed E-state index contributed by atoms with van der Waals surface area (Å²) in [4.78, 5) is 0. The van der Waals surface area contributed by atoms with Gasteiger partial charge in [0.1, 0.15) is 5.60 Å². The van der Waals surface area contributed by atoms with Gasteiger partial charge >= 0.3 is 7.12 Å². The lowest BCUT2D eigenvalue weighted by molar-refractivity contribution is 0.173. The van der Waals surface area contributed by atoms with Crippen LogP contribution >= 0.6 is 0 Å². The van der Waals surface area contributed by atoms with Gasteiger partial charge in [-0.3, -0.25) is 0 Å². The fourth-order valence-corrected chi connectivity index (χ4v) is 3.99. The maximum atomic E-state index is 6.13. The minimum absolute atomic E-state index is 0.485. The summed E-state index contributed by atoms with van der Waals surface area (Å²) in [5.41, 5.74) is 4.86. The van der Waals surface area contributed by atoms with Gasteiger partial charge in [-0.15, -0.1) is 0 Å². The van der Waals surface area contributed by atoms with Gasteiger partial charge < -0.3 is 14.6 Å². The van der Waals surface area contributed by atoms with Crippen molar-refractivity contribution in [3.8, 4) is 11.1 Å². The van der Waals surface area contributed by atoms with E-state index < -0.39 is 12.7 Å². The first-order valence-electron chi connectivity index (χ1n) is 10.5. The minimum Gasteiger partial charge on any atom is -0.534 e. The highest BCUT2D eigenvalue weighted by Crippen LogP contribution is 2.35. The van der Waals surface area contributed by atoms with Crippen LogP contribution in [0.25, 0.3) is 21.9 Å². The first-order valence-corrected chi connectivity index (χ1v) is 10.5. The van der Waals surface area contributed by atoms with Crippen molar-refractivity contribution in [2.45, 2.75) is 19.4 Å². The van der Waals surface area contributed by atoms with E-state index in [2.05, 4.69) is 78.6 Å². The second-order valence-electron chi connectivity index (χ2n) is 8.29. The van der Waals surface area contributed by atoms with Crippen LogP contribution in [0.5, 0.6) is 0 Å². The lowest BCUT2D eigenvalue weighted by Gasteiger charge is -2.17. The highest BCUT2D eigenvalue weighted by atomic mass is 16.7. The lowest BCUT2D eigenvalue weighted by Crippen LogP contribution is -2.35. The van der Waals surface area contributed by atoms with Crippen molar-refractivity contribution in [3.05, 3.63) is 103 Å². The van der Waals surface area contributed by atoms with Gasteiger partial charge in [-0.05, 0) is 42.5 Å². The quantitative estimate of drug-likeness (QED) is 0.405. The van der Waals surface area contributed by atoms with Crippen LogP contribution in [0, 0.1) is 0 Å². The van der Waals surface area contributed by atoms with Gasteiger partial charge in [-0.2, -0.15) is 0 Å². The number of rotatable bonds is 4. The van der Waals surface area contributed by atoms with E-state index in [1.807, 2.05) is 38.1 Å². The first-order chi connectivity index (χ1) is 15.0. The summed E-state index contributed by atoms with van der Waals surface area (Å²) in [7, 11) is -0.485. The van der Waals surface area contributed by atoms with Crippen LogP contribution in [0.4, 0.5) is 11.4 Å². The Balaban J connectivity index is 1.55. The highest BCUT2D eigenvalue weighted by molar-refractivity contribution is 6.64. The van der Waals surface area contributed by atoms with E-state index in [0.29, 0.717) is 5.76 Å². The number of anilines is 2. The van der Waals surface area contributed by atoms with Gasteiger partial charge in [0.2, 0.25) is 0 Å². The summed E-state index contributed by atoms with van der Waals surface area (Å²) < 4.78 is 12.1. The molecule has 4 aromatic rings. The second kappa shape index (κ2) is 7.64. The van der Waals surface area contributed by atoms with Gasteiger partial charge in [0, 0.05) is 22.2 Å². The van der Waals surface area contributed by atoms with E-state index in [1.54, 1.807) is 0 Å². The molecule has 0 aromatic heterocycles. The van der Waals surface area contributed by atoms with E-state index >= 15 is 0 Å². The maximum absolute atomic E-state index is 6.13. The molecule has 4 heteroatoms. The third-order valence-electron chi connectivity index (χ3n) is 5.82. The average molecular weight is 405 g/mol. The molecule has 0 radical (unpaired) electrons. The maximum Gasteiger partial charge on any atom is 0.565 e. The van der Waals surface area contributed by atoms with Crippen molar-refractivity contribution in [1.82, 2.24) is 0 Å². The summed E-state index contributed by atoms with van der Waals surface area (Å²) in [5, 5.41) is 5.99. The molecule has 0 atom stereocenters. The van der Waals surface area contributed by atoms with Crippen molar-refractivity contribution in [2.75, 3.05) is 5.32 Å². The predicted molar refractivity (Wildman–Crippen MR) is 130 cm³/mol. The zero-order valence-corrected chi connectivity index (χ0v) is 17.8. The van der Waals surface area contributed by atoms with Gasteiger partial charge in [-0.1, -0.05) is 85.4 Å². The molecule has 0 saturated carbocycles. The standard InChI is InChI=1S/C27H24BNO2/c1-19-27(2,3)31-28(30-19)24-15-9-10-16-26(24)29-25-18-17-21(20-11-5-4-6-12-20)22-13-7-8-14-23(22)25/h4-18,29H,1H2,2-3H3. The topological polar surface area (TPSA) is 30.5 Å². The summed E-state index contributed by atoms with van der Waals surface area (Å²) >= 11 is 0. The Morgan fingerprint density at radius 2 is 1.42 bits per heavy atom. The molecule has 31 heavy (non-hydrogen) atoms. The Bertz CT molecular complexity index is 1270. The highest BCUT2D eigenvalue weighted by Gasteiger charge is 2.43. The van der Waals surface area contributed by atoms with Gasteiger partial charge in [-0.25, -0.2) is 0 Å². The molecule has 0 unspecified atom stereocenters. The summed E-state index contributed by atoms with van der Waals surface area (Å²) in [6.07, 6.45) is 0. The van der Waals surface area contributed by atoms with Crippen LogP contribution in [-0.4, -0.2) is 12.7 Å². The molecule has 0 bridgehead atoms. The third-order valence-corrected chi connectivity index (χ3v) is 5.82. The lowest BCUT2D eigenvalue weighted by atomic mass is 9.78. The van der Waals surface area contributed by atoms with Crippen molar-refractivity contribution >= 4 is 34.7 Å². The monoisotopic (exact) mass is 405 g/mol. The van der Waals surface area contributed by atoms with Crippen molar-refractivity contribution in [2.24, 2.45) is 0 Å². The molecule has 1 aliphatic heterocycles. The second-order valence-corrected chi connectivity index (χ2v) is 8.29. The molecule has 0 aliphatic carbocycles. The van der Waals surface area contributed by atoms with Crippen LogP contribution in [-0.2, 0) is 9.31 Å². The van der Waals surface area contributed by atoms with E-state index in [9.17, 15) is 0 Å². The third kappa shape index (κ3) is 3.60. The van der Waals surface area contributed by atoms with E-state index in [0.717, 1.165) is 22.2 Å². The predicted octanol–water partition coefficient (Wildman–Crippen LogP) is 6.28. The Morgan fingerprint density at radius 3 is 2.16 bits per heavy atom. The number of hydrogen-bond acceptors (Lipinski definition) is 3. The van der Waals surface area contributed by atoms with Crippen LogP contribution in [0.3, 0.4) is 0 Å². The Kier molecular flexibility index (Phi) is 4.80. The van der Waals surface area contributed by atoms with Crippen molar-refractivity contribution in [1.29, 1.82) is 0 Å². The molecular weight excluding hydrogens is 381 g/mol. The molecule has 3 nitrogen and oxygen atoms in total. The molecule has 1 saturated heterocycles. The summed E-state index contributed by atoms with van der Waals surface area (Å²) in [6.45, 7) is 7.95. The Labute approximate surface area is 183 Å². The fourth-order valence-electron chi connectivity index (χ4n) is 3.99. The molecule has 5 rings (SSSR count). The van der Waals surface area contributed by atoms with Gasteiger partial charge in [0.05, 0.1) is 5.76 Å². The molecular formula is C27H24BNO2. The minimum atomic E-state index is -0.512. The van der Waals surface area contributed by atoms with E-state index in [-0.39, 0.29) is 0 Å². The van der Waals surface area contributed by atoms with Crippen LogP contribution in [0.2, 0.25) is 0 Å². The zero-order valence-electron chi connectivity index (χ0n) is 17.8. The first kappa shape index (κ1) is 19.5. The van der Waals surface area contributed by atoms with E-state index in [4.69, 9.17) is 9.31 Å². The Morgan fingerprint density at radius 1 is 0.742 bits per heavy atom. The number of fused-ring (bicyclic) bond motifs is 1. The number of benzene rings is 4. The molecule has 4 aromatic carbocycles. The fraction of sp³-hybridized carbons (Fsp3) is 0.111. The molecule has 0 spiro atoms. The van der Waals surface area contributed by atoms with Crippen molar-refractivity contribution in [3.63, 3.8) is 0 Å². The summed E-state index contributed by atoms with van der Waals surface area (Å²) in [5.74, 6) is 0.643. The molecule has 1 heterocycles. The smallest absolute Gasteiger partial charge is 0.534 e. The Hall–Kier alpha value is -3.50. The molecule has 1 aliphatic rings. The summed E-state index contributed by atoms with van der Waals surface area (Å²) in [6, 6.07) is 31.4. The molecule has 1 N–H and O–H groups in total. The van der Waals surface area contributed by atoms with Crippen LogP contribution in [0.1, 0.15) is 13.8 Å². The van der Waals surface area contributed by atoms with Gasteiger partial charge in [0.15, 0.2) is 0 Å². The molecule has 152 valence electrons. The molecule has 1 fully saturated rings. The van der Waals surface area contributed by atoms with E-state index in [1.165, 1.54) is 16.5 Å². The van der Waals surface area contributed by atoms with Crippen LogP contribution < -0.4 is 10.8 Å². The normalized spacial score (nSPS) is 15.2. The zero-order chi connectivity index (χ0) is 21.4. The molecule has 0 amide bonds. The number of nitrogens with one attached hydrogen (secondary N) is 1. The largest absolute Gasteiger partial charge is 0.565 e. The van der Waals surface area contributed by atoms with Crippen molar-refractivity contribution < 1.29 is 9.31 Å². The van der Waals surface area contributed by atoms with Crippen LogP contribution in [0.15, 0.2) is 103 Å². The SMILES string of the molecule is C=C1OB(c2ccccc2Nc2ccc(-c3ccccc3)c3ccccc23)OC1(C)C. The van der Waals surface area contributed by atoms with Gasteiger partial charge in [0.25, 0.3) is 0 Å².